The summed E-state index contributed by atoms with van der Waals surface area (Å²) in [5, 5.41) is 0. The highest BCUT2D eigenvalue weighted by molar-refractivity contribution is 4.90. The van der Waals surface area contributed by atoms with Crippen LogP contribution in [0.15, 0.2) is 0 Å². The normalized spacial score (nSPS) is 49.7. The minimum Gasteiger partial charge on any atom is -0.376 e. The van der Waals surface area contributed by atoms with Crippen LogP contribution in [0, 0.1) is 5.92 Å². The van der Waals surface area contributed by atoms with Crippen molar-refractivity contribution in [3.63, 3.8) is 0 Å². The van der Waals surface area contributed by atoms with Crippen LogP contribution in [0.3, 0.4) is 0 Å². The standard InChI is InChI=1S/C7H13NO/c8-6-4-9-7-3-1-2-5(6)7/h5-7H,1-4,8H2/t5-,6+,7-/m1/s1. The lowest BCUT2D eigenvalue weighted by Gasteiger charge is -2.09. The first-order chi connectivity index (χ1) is 4.38. The predicted molar refractivity (Wildman–Crippen MR) is 35.1 cm³/mol. The first kappa shape index (κ1) is 5.69. The highest BCUT2D eigenvalue weighted by atomic mass is 16.5. The van der Waals surface area contributed by atoms with Gasteiger partial charge >= 0.3 is 0 Å². The molecule has 0 spiro atoms. The molecule has 2 nitrogen and oxygen atoms in total. The van der Waals surface area contributed by atoms with Crippen molar-refractivity contribution in [1.29, 1.82) is 0 Å². The van der Waals surface area contributed by atoms with Gasteiger partial charge in [0.15, 0.2) is 0 Å². The van der Waals surface area contributed by atoms with Crippen LogP contribution in [0.5, 0.6) is 0 Å². The van der Waals surface area contributed by atoms with Crippen molar-refractivity contribution in [1.82, 2.24) is 0 Å². The van der Waals surface area contributed by atoms with Gasteiger partial charge in [0.1, 0.15) is 0 Å². The third kappa shape index (κ3) is 0.775. The fraction of sp³-hybridized carbons (Fsp3) is 1.00. The zero-order chi connectivity index (χ0) is 6.27. The number of hydrogen-bond donors (Lipinski definition) is 1. The monoisotopic (exact) mass is 127 g/mol. The molecule has 9 heavy (non-hydrogen) atoms. The van der Waals surface area contributed by atoms with Gasteiger partial charge in [-0.25, -0.2) is 0 Å². The molecule has 0 aromatic heterocycles. The van der Waals surface area contributed by atoms with Crippen molar-refractivity contribution in [2.24, 2.45) is 11.7 Å². The van der Waals surface area contributed by atoms with Crippen LogP contribution < -0.4 is 5.73 Å². The second-order valence-corrected chi connectivity index (χ2v) is 3.13. The van der Waals surface area contributed by atoms with Crippen LogP contribution in [-0.4, -0.2) is 18.8 Å². The predicted octanol–water partition coefficient (Wildman–Crippen LogP) is 0.513. The summed E-state index contributed by atoms with van der Waals surface area (Å²) in [4.78, 5) is 0. The van der Waals surface area contributed by atoms with Gasteiger partial charge < -0.3 is 10.5 Å². The SMILES string of the molecule is N[C@H]1CO[C@@H]2CCC[C@H]12. The first-order valence-corrected chi connectivity index (χ1v) is 3.75. The Morgan fingerprint density at radius 1 is 1.33 bits per heavy atom. The zero-order valence-corrected chi connectivity index (χ0v) is 5.55. The second kappa shape index (κ2) is 1.96. The zero-order valence-electron chi connectivity index (χ0n) is 5.55. The van der Waals surface area contributed by atoms with Crippen LogP contribution in [-0.2, 0) is 4.74 Å². The Bertz CT molecular complexity index is 115. The lowest BCUT2D eigenvalue weighted by molar-refractivity contribution is 0.102. The molecule has 1 heterocycles. The number of ether oxygens (including phenoxy) is 1. The minimum absolute atomic E-state index is 0.345. The van der Waals surface area contributed by atoms with Gasteiger partial charge in [0.2, 0.25) is 0 Å². The molecule has 2 heteroatoms. The van der Waals surface area contributed by atoms with Crippen molar-refractivity contribution in [2.75, 3.05) is 6.61 Å². The van der Waals surface area contributed by atoms with E-state index >= 15 is 0 Å². The molecule has 2 fully saturated rings. The molecule has 0 unspecified atom stereocenters. The van der Waals surface area contributed by atoms with E-state index in [2.05, 4.69) is 0 Å². The third-order valence-electron chi connectivity index (χ3n) is 2.56. The molecule has 1 saturated carbocycles. The molecule has 1 aliphatic heterocycles. The summed E-state index contributed by atoms with van der Waals surface area (Å²) in [5.74, 6) is 0.699. The summed E-state index contributed by atoms with van der Waals surface area (Å²) in [6.07, 6.45) is 4.40. The fourth-order valence-corrected chi connectivity index (χ4v) is 2.01. The molecule has 1 saturated heterocycles. The minimum atomic E-state index is 0.345. The van der Waals surface area contributed by atoms with Crippen molar-refractivity contribution in [3.8, 4) is 0 Å². The molecule has 52 valence electrons. The van der Waals surface area contributed by atoms with Gasteiger partial charge in [-0.1, -0.05) is 6.42 Å². The van der Waals surface area contributed by atoms with E-state index in [0.29, 0.717) is 18.1 Å². The molecule has 0 aromatic rings. The van der Waals surface area contributed by atoms with Crippen molar-refractivity contribution >= 4 is 0 Å². The average Bonchev–Trinajstić information content (AvgIpc) is 2.35. The Kier molecular flexibility index (Phi) is 1.24. The first-order valence-electron chi connectivity index (χ1n) is 3.75. The maximum absolute atomic E-state index is 5.79. The van der Waals surface area contributed by atoms with Gasteiger partial charge in [0.25, 0.3) is 0 Å². The smallest absolute Gasteiger partial charge is 0.0625 e. The van der Waals surface area contributed by atoms with E-state index in [4.69, 9.17) is 10.5 Å². The lowest BCUT2D eigenvalue weighted by Crippen LogP contribution is -2.28. The molecule has 2 N–H and O–H groups in total. The second-order valence-electron chi connectivity index (χ2n) is 3.13. The average molecular weight is 127 g/mol. The Labute approximate surface area is 55.4 Å². The highest BCUT2D eigenvalue weighted by Crippen LogP contribution is 2.34. The summed E-state index contributed by atoms with van der Waals surface area (Å²) >= 11 is 0. The van der Waals surface area contributed by atoms with Crippen LogP contribution in [0.2, 0.25) is 0 Å². The van der Waals surface area contributed by atoms with E-state index < -0.39 is 0 Å². The summed E-state index contributed by atoms with van der Waals surface area (Å²) in [5.41, 5.74) is 5.79. The van der Waals surface area contributed by atoms with Gasteiger partial charge in [0, 0.05) is 12.0 Å². The molecule has 0 radical (unpaired) electrons. The molecule has 0 amide bonds. The van der Waals surface area contributed by atoms with E-state index in [0.717, 1.165) is 6.61 Å². The molecule has 2 aliphatic rings. The largest absolute Gasteiger partial charge is 0.376 e. The maximum atomic E-state index is 5.79. The fourth-order valence-electron chi connectivity index (χ4n) is 2.01. The van der Waals surface area contributed by atoms with Crippen molar-refractivity contribution in [3.05, 3.63) is 0 Å². The van der Waals surface area contributed by atoms with Gasteiger partial charge in [0.05, 0.1) is 12.7 Å². The highest BCUT2D eigenvalue weighted by Gasteiger charge is 2.37. The molecule has 1 aliphatic carbocycles. The van der Waals surface area contributed by atoms with Crippen molar-refractivity contribution < 1.29 is 4.74 Å². The Hall–Kier alpha value is -0.0800. The van der Waals surface area contributed by atoms with E-state index in [1.54, 1.807) is 0 Å². The molecular formula is C7H13NO. The molecule has 0 aromatic carbocycles. The Morgan fingerprint density at radius 3 is 3.00 bits per heavy atom. The summed E-state index contributed by atoms with van der Waals surface area (Å²) in [7, 11) is 0. The van der Waals surface area contributed by atoms with E-state index in [1.807, 2.05) is 0 Å². The quantitative estimate of drug-likeness (QED) is 0.514. The Balaban J connectivity index is 2.07. The number of rotatable bonds is 0. The van der Waals surface area contributed by atoms with Gasteiger partial charge in [-0.15, -0.1) is 0 Å². The van der Waals surface area contributed by atoms with E-state index in [9.17, 15) is 0 Å². The van der Waals surface area contributed by atoms with Gasteiger partial charge in [-0.05, 0) is 12.8 Å². The van der Waals surface area contributed by atoms with Crippen LogP contribution >= 0.6 is 0 Å². The van der Waals surface area contributed by atoms with Crippen molar-refractivity contribution in [2.45, 2.75) is 31.4 Å². The summed E-state index contributed by atoms with van der Waals surface area (Å²) in [6.45, 7) is 0.801. The topological polar surface area (TPSA) is 35.2 Å². The molecule has 2 rings (SSSR count). The molecular weight excluding hydrogens is 114 g/mol. The third-order valence-corrected chi connectivity index (χ3v) is 2.56. The van der Waals surface area contributed by atoms with E-state index in [-0.39, 0.29) is 0 Å². The summed E-state index contributed by atoms with van der Waals surface area (Å²) < 4.78 is 5.46. The van der Waals surface area contributed by atoms with Gasteiger partial charge in [-0.3, -0.25) is 0 Å². The molecule has 3 atom stereocenters. The van der Waals surface area contributed by atoms with Crippen LogP contribution in [0.4, 0.5) is 0 Å². The lowest BCUT2D eigenvalue weighted by atomic mass is 10.0. The number of nitrogens with two attached hydrogens (primary N) is 1. The van der Waals surface area contributed by atoms with E-state index in [1.165, 1.54) is 19.3 Å². The van der Waals surface area contributed by atoms with Crippen LogP contribution in [0.1, 0.15) is 19.3 Å². The maximum Gasteiger partial charge on any atom is 0.0625 e. The Morgan fingerprint density at radius 2 is 2.22 bits per heavy atom. The van der Waals surface area contributed by atoms with Crippen LogP contribution in [0.25, 0.3) is 0 Å². The number of fused-ring (bicyclic) bond motifs is 1. The summed E-state index contributed by atoms with van der Waals surface area (Å²) in [6, 6.07) is 0.345. The van der Waals surface area contributed by atoms with Gasteiger partial charge in [-0.2, -0.15) is 0 Å². The molecule has 0 bridgehead atoms. The number of hydrogen-bond acceptors (Lipinski definition) is 2.